The van der Waals surface area contributed by atoms with Crippen LogP contribution in [0.2, 0.25) is 0 Å². The summed E-state index contributed by atoms with van der Waals surface area (Å²) in [5.74, 6) is 0. The molecule has 3 aromatic rings. The second-order valence-electron chi connectivity index (χ2n) is 7.21. The number of hydrogen-bond donors (Lipinski definition) is 0. The Labute approximate surface area is 172 Å². The summed E-state index contributed by atoms with van der Waals surface area (Å²) in [5.41, 5.74) is 3.03. The molecule has 2 aliphatic heterocycles. The molecular formula is C21H19N5O2S. The van der Waals surface area contributed by atoms with Crippen LogP contribution in [0.15, 0.2) is 72.0 Å². The van der Waals surface area contributed by atoms with Crippen molar-refractivity contribution in [3.8, 4) is 5.69 Å². The maximum Gasteiger partial charge on any atom is 0.269 e. The third-order valence-electron chi connectivity index (χ3n) is 5.30. The smallest absolute Gasteiger partial charge is 0.269 e. The number of benzene rings is 1. The quantitative estimate of drug-likeness (QED) is 0.476. The van der Waals surface area contributed by atoms with E-state index in [1.807, 2.05) is 30.5 Å². The number of nitro groups is 1. The first kappa shape index (κ1) is 17.9. The molecule has 3 atom stereocenters. The van der Waals surface area contributed by atoms with E-state index in [0.717, 1.165) is 28.8 Å². The van der Waals surface area contributed by atoms with Crippen molar-refractivity contribution in [2.45, 2.75) is 24.3 Å². The Kier molecular flexibility index (Phi) is 4.35. The number of nitro benzene ring substituents is 1. The molecule has 0 unspecified atom stereocenters. The fraction of sp³-hybridized carbons (Fsp3) is 0.238. The van der Waals surface area contributed by atoms with Gasteiger partial charge < -0.3 is 9.47 Å². The highest BCUT2D eigenvalue weighted by Gasteiger charge is 2.44. The van der Waals surface area contributed by atoms with Crippen LogP contribution in [-0.4, -0.2) is 36.3 Å². The highest BCUT2D eigenvalue weighted by Crippen LogP contribution is 2.47. The van der Waals surface area contributed by atoms with Gasteiger partial charge in [0.1, 0.15) is 6.04 Å². The Morgan fingerprint density at radius 1 is 1.14 bits per heavy atom. The topological polar surface area (TPSA) is 76.6 Å². The van der Waals surface area contributed by atoms with Gasteiger partial charge in [0.15, 0.2) is 5.17 Å². The third-order valence-corrected chi connectivity index (χ3v) is 6.41. The van der Waals surface area contributed by atoms with E-state index in [-0.39, 0.29) is 22.7 Å². The van der Waals surface area contributed by atoms with Crippen LogP contribution in [0.5, 0.6) is 0 Å². The molecule has 2 aliphatic rings. The molecule has 146 valence electrons. The molecule has 29 heavy (non-hydrogen) atoms. The van der Waals surface area contributed by atoms with Gasteiger partial charge in [-0.3, -0.25) is 20.1 Å². The summed E-state index contributed by atoms with van der Waals surface area (Å²) in [6, 6.07) is 16.7. The van der Waals surface area contributed by atoms with E-state index in [0.29, 0.717) is 5.25 Å². The average molecular weight is 405 g/mol. The SMILES string of the molecule is C[C@H]1CN2C(=N[C@@H](c3ccccn3)[C@@H]2c2cccn2-c2ccc([N+](=O)[O-])cc2)S1. The molecule has 0 aliphatic carbocycles. The fourth-order valence-corrected chi connectivity index (χ4v) is 5.14. The minimum Gasteiger partial charge on any atom is -0.339 e. The first-order valence-corrected chi connectivity index (χ1v) is 10.3. The van der Waals surface area contributed by atoms with E-state index < -0.39 is 0 Å². The van der Waals surface area contributed by atoms with Gasteiger partial charge in [0.25, 0.3) is 5.69 Å². The molecule has 7 nitrogen and oxygen atoms in total. The van der Waals surface area contributed by atoms with Crippen LogP contribution < -0.4 is 0 Å². The fourth-order valence-electron chi connectivity index (χ4n) is 4.04. The summed E-state index contributed by atoms with van der Waals surface area (Å²) in [4.78, 5) is 22.6. The normalized spacial score (nSPS) is 23.1. The Balaban J connectivity index is 1.57. The second-order valence-corrected chi connectivity index (χ2v) is 8.62. The van der Waals surface area contributed by atoms with Gasteiger partial charge in [0.2, 0.25) is 0 Å². The highest BCUT2D eigenvalue weighted by molar-refractivity contribution is 8.14. The molecule has 1 aromatic carbocycles. The molecule has 0 bridgehead atoms. The van der Waals surface area contributed by atoms with E-state index >= 15 is 0 Å². The number of aliphatic imine (C=N–C) groups is 1. The van der Waals surface area contributed by atoms with Gasteiger partial charge in [-0.25, -0.2) is 0 Å². The van der Waals surface area contributed by atoms with Crippen molar-refractivity contribution >= 4 is 22.6 Å². The Morgan fingerprint density at radius 3 is 2.69 bits per heavy atom. The third kappa shape index (κ3) is 3.09. The lowest BCUT2D eigenvalue weighted by Gasteiger charge is -2.28. The van der Waals surface area contributed by atoms with Gasteiger partial charge in [0.05, 0.1) is 16.7 Å². The zero-order valence-electron chi connectivity index (χ0n) is 15.8. The molecule has 1 saturated heterocycles. The number of thioether (sulfide) groups is 1. The average Bonchev–Trinajstić information content (AvgIpc) is 3.42. The van der Waals surface area contributed by atoms with Crippen LogP contribution >= 0.6 is 11.8 Å². The summed E-state index contributed by atoms with van der Waals surface area (Å²) in [6.45, 7) is 3.15. The number of pyridine rings is 1. The molecule has 0 radical (unpaired) electrons. The van der Waals surface area contributed by atoms with Crippen LogP contribution in [-0.2, 0) is 0 Å². The first-order valence-electron chi connectivity index (χ1n) is 9.46. The lowest BCUT2D eigenvalue weighted by atomic mass is 10.0. The van der Waals surface area contributed by atoms with Crippen molar-refractivity contribution in [3.63, 3.8) is 0 Å². The minimum absolute atomic E-state index is 0.0301. The first-order chi connectivity index (χ1) is 14.1. The highest BCUT2D eigenvalue weighted by atomic mass is 32.2. The second kappa shape index (κ2) is 7.04. The summed E-state index contributed by atoms with van der Waals surface area (Å²) in [7, 11) is 0. The number of aromatic nitrogens is 2. The van der Waals surface area contributed by atoms with Crippen molar-refractivity contribution in [3.05, 3.63) is 88.5 Å². The van der Waals surface area contributed by atoms with Gasteiger partial charge in [-0.15, -0.1) is 0 Å². The Hall–Kier alpha value is -3.13. The van der Waals surface area contributed by atoms with Crippen LogP contribution in [0.4, 0.5) is 5.69 Å². The van der Waals surface area contributed by atoms with Crippen molar-refractivity contribution in [2.24, 2.45) is 4.99 Å². The molecule has 0 saturated carbocycles. The van der Waals surface area contributed by atoms with Gasteiger partial charge in [-0.2, -0.15) is 0 Å². The summed E-state index contributed by atoms with van der Waals surface area (Å²) < 4.78 is 2.09. The van der Waals surface area contributed by atoms with Crippen LogP contribution in [0.3, 0.4) is 0 Å². The monoisotopic (exact) mass is 405 g/mol. The molecule has 8 heteroatoms. The van der Waals surface area contributed by atoms with E-state index in [1.165, 1.54) is 0 Å². The maximum atomic E-state index is 11.0. The van der Waals surface area contributed by atoms with Gasteiger partial charge >= 0.3 is 0 Å². The molecule has 0 amide bonds. The molecule has 4 heterocycles. The molecule has 2 aromatic heterocycles. The lowest BCUT2D eigenvalue weighted by Crippen LogP contribution is -2.30. The largest absolute Gasteiger partial charge is 0.339 e. The van der Waals surface area contributed by atoms with Gasteiger partial charge in [0, 0.05) is 47.7 Å². The molecular weight excluding hydrogens is 386 g/mol. The van der Waals surface area contributed by atoms with Gasteiger partial charge in [-0.1, -0.05) is 24.8 Å². The van der Waals surface area contributed by atoms with Crippen molar-refractivity contribution in [1.29, 1.82) is 0 Å². The molecule has 1 fully saturated rings. The predicted molar refractivity (Wildman–Crippen MR) is 113 cm³/mol. The zero-order valence-corrected chi connectivity index (χ0v) is 16.6. The van der Waals surface area contributed by atoms with Crippen LogP contribution in [0.25, 0.3) is 5.69 Å². The van der Waals surface area contributed by atoms with Gasteiger partial charge in [-0.05, 0) is 36.4 Å². The zero-order chi connectivity index (χ0) is 20.0. The van der Waals surface area contributed by atoms with Crippen LogP contribution in [0, 0.1) is 10.1 Å². The van der Waals surface area contributed by atoms with E-state index in [9.17, 15) is 10.1 Å². The maximum absolute atomic E-state index is 11.0. The van der Waals surface area contributed by atoms with E-state index in [4.69, 9.17) is 4.99 Å². The number of nitrogens with zero attached hydrogens (tertiary/aromatic N) is 5. The number of rotatable bonds is 4. The molecule has 0 N–H and O–H groups in total. The van der Waals surface area contributed by atoms with Crippen molar-refractivity contribution in [2.75, 3.05) is 6.54 Å². The number of non-ortho nitro benzene ring substituents is 1. The van der Waals surface area contributed by atoms with Crippen molar-refractivity contribution < 1.29 is 4.92 Å². The molecule has 5 rings (SSSR count). The van der Waals surface area contributed by atoms with Crippen molar-refractivity contribution in [1.82, 2.24) is 14.5 Å². The number of amidine groups is 1. The number of fused-ring (bicyclic) bond motifs is 1. The summed E-state index contributed by atoms with van der Waals surface area (Å²) in [5, 5.41) is 12.6. The van der Waals surface area contributed by atoms with Crippen LogP contribution in [0.1, 0.15) is 30.4 Å². The Morgan fingerprint density at radius 2 is 1.97 bits per heavy atom. The lowest BCUT2D eigenvalue weighted by molar-refractivity contribution is -0.384. The minimum atomic E-state index is -0.378. The van der Waals surface area contributed by atoms with E-state index in [1.54, 1.807) is 42.2 Å². The Bertz CT molecular complexity index is 1080. The summed E-state index contributed by atoms with van der Waals surface area (Å²) in [6.07, 6.45) is 3.80. The number of hydrogen-bond acceptors (Lipinski definition) is 6. The predicted octanol–water partition coefficient (Wildman–Crippen LogP) is 4.37. The molecule has 0 spiro atoms. The summed E-state index contributed by atoms with van der Waals surface area (Å²) >= 11 is 1.81. The van der Waals surface area contributed by atoms with E-state index in [2.05, 4.69) is 27.4 Å². The standard InChI is InChI=1S/C21H19N5O2S/c1-14-13-25-20(19(23-21(25)29-14)17-5-2-3-11-22-17)18-6-4-12-24(18)15-7-9-16(10-8-15)26(27)28/h2-12,14,19-20H,13H2,1H3/t14-,19-,20-/m0/s1.